The summed E-state index contributed by atoms with van der Waals surface area (Å²) in [5.74, 6) is 0.853. The lowest BCUT2D eigenvalue weighted by Crippen LogP contribution is -2.29. The van der Waals surface area contributed by atoms with Crippen LogP contribution < -0.4 is 5.32 Å². The fourth-order valence-corrected chi connectivity index (χ4v) is 4.93. The molecule has 0 spiro atoms. The molecule has 0 radical (unpaired) electrons. The number of furan rings is 1. The molecule has 0 unspecified atom stereocenters. The van der Waals surface area contributed by atoms with Gasteiger partial charge in [-0.15, -0.1) is 0 Å². The maximum atomic E-state index is 6.35. The van der Waals surface area contributed by atoms with Crippen molar-refractivity contribution in [2.24, 2.45) is 0 Å². The molecule has 1 saturated heterocycles. The van der Waals surface area contributed by atoms with Gasteiger partial charge in [0.25, 0.3) is 0 Å². The van der Waals surface area contributed by atoms with Crippen LogP contribution in [-0.2, 0) is 6.54 Å². The predicted octanol–water partition coefficient (Wildman–Crippen LogP) is 5.70. The molecule has 5 rings (SSSR count). The number of aromatic nitrogens is 2. The van der Waals surface area contributed by atoms with Crippen molar-refractivity contribution < 1.29 is 4.42 Å². The first-order chi connectivity index (χ1) is 15.7. The molecular formula is C25H22N4OS2. The van der Waals surface area contributed by atoms with E-state index in [1.807, 2.05) is 48.8 Å². The summed E-state index contributed by atoms with van der Waals surface area (Å²) in [6.45, 7) is 2.72. The lowest BCUT2D eigenvalue weighted by molar-refractivity contribution is 0.254. The van der Waals surface area contributed by atoms with Crippen molar-refractivity contribution in [2.45, 2.75) is 35.5 Å². The topological polar surface area (TPSA) is 54.2 Å². The van der Waals surface area contributed by atoms with Crippen LogP contribution in [0.1, 0.15) is 34.7 Å². The Balaban J connectivity index is 1.47. The molecule has 1 fully saturated rings. The van der Waals surface area contributed by atoms with Crippen molar-refractivity contribution in [2.75, 3.05) is 0 Å². The molecule has 1 aliphatic rings. The molecule has 0 saturated carbocycles. The summed E-state index contributed by atoms with van der Waals surface area (Å²) in [4.78, 5) is 12.1. The summed E-state index contributed by atoms with van der Waals surface area (Å²) in [7, 11) is 0. The second-order valence-corrected chi connectivity index (χ2v) is 9.15. The van der Waals surface area contributed by atoms with E-state index in [9.17, 15) is 0 Å². The minimum Gasteiger partial charge on any atom is -0.452 e. The molecule has 0 amide bonds. The Morgan fingerprint density at radius 2 is 1.91 bits per heavy atom. The summed E-state index contributed by atoms with van der Waals surface area (Å²) >= 11 is 7.35. The zero-order valence-electron chi connectivity index (χ0n) is 17.5. The molecule has 5 nitrogen and oxygen atoms in total. The zero-order chi connectivity index (χ0) is 21.9. The first-order valence-corrected chi connectivity index (χ1v) is 11.6. The standard InChI is InChI=1S/C25H22N4OS2/c1-17-7-9-19(10-8-17)32-22-12-11-21(30-22)24-23(20-6-2-3-14-27-20)28-25(31)29(24)16-18-5-4-13-26-15-18/h2-15,23-24H,16H2,1H3,(H,28,31)/t23-,24+/m1/s1. The van der Waals surface area contributed by atoms with E-state index in [1.165, 1.54) is 5.56 Å². The van der Waals surface area contributed by atoms with Crippen molar-refractivity contribution >= 4 is 29.1 Å². The van der Waals surface area contributed by atoms with Crippen LogP contribution in [0.2, 0.25) is 0 Å². The highest BCUT2D eigenvalue weighted by molar-refractivity contribution is 7.99. The maximum absolute atomic E-state index is 6.35. The third-order valence-corrected chi connectivity index (χ3v) is 6.69. The molecule has 160 valence electrons. The van der Waals surface area contributed by atoms with Gasteiger partial charge >= 0.3 is 0 Å². The summed E-state index contributed by atoms with van der Waals surface area (Å²) in [5, 5.41) is 4.99. The molecule has 32 heavy (non-hydrogen) atoms. The molecule has 0 bridgehead atoms. The third-order valence-electron chi connectivity index (χ3n) is 5.41. The van der Waals surface area contributed by atoms with E-state index in [0.717, 1.165) is 27.0 Å². The Kier molecular flexibility index (Phi) is 5.92. The highest BCUT2D eigenvalue weighted by Gasteiger charge is 2.41. The quantitative estimate of drug-likeness (QED) is 0.372. The summed E-state index contributed by atoms with van der Waals surface area (Å²) < 4.78 is 6.35. The van der Waals surface area contributed by atoms with Gasteiger partial charge in [0.15, 0.2) is 10.2 Å². The molecule has 2 atom stereocenters. The lowest BCUT2D eigenvalue weighted by Gasteiger charge is -2.26. The smallest absolute Gasteiger partial charge is 0.170 e. The number of hydrogen-bond acceptors (Lipinski definition) is 5. The van der Waals surface area contributed by atoms with Gasteiger partial charge < -0.3 is 14.6 Å². The second kappa shape index (κ2) is 9.14. The Bertz CT molecular complexity index is 1200. The van der Waals surface area contributed by atoms with E-state index >= 15 is 0 Å². The summed E-state index contributed by atoms with van der Waals surface area (Å²) in [6.07, 6.45) is 5.45. The van der Waals surface area contributed by atoms with E-state index in [1.54, 1.807) is 18.0 Å². The highest BCUT2D eigenvalue weighted by atomic mass is 32.2. The Morgan fingerprint density at radius 3 is 2.66 bits per heavy atom. The first kappa shape index (κ1) is 20.7. The van der Waals surface area contributed by atoms with Crippen LogP contribution >= 0.6 is 24.0 Å². The van der Waals surface area contributed by atoms with E-state index in [4.69, 9.17) is 16.6 Å². The number of pyridine rings is 2. The second-order valence-electron chi connectivity index (χ2n) is 7.69. The highest BCUT2D eigenvalue weighted by Crippen LogP contribution is 2.41. The molecule has 1 aromatic carbocycles. The van der Waals surface area contributed by atoms with Crippen molar-refractivity contribution in [3.05, 3.63) is 108 Å². The van der Waals surface area contributed by atoms with Gasteiger partial charge in [0.05, 0.1) is 11.7 Å². The van der Waals surface area contributed by atoms with Crippen LogP contribution in [-0.4, -0.2) is 20.0 Å². The number of rotatable bonds is 6. The average molecular weight is 459 g/mol. The van der Waals surface area contributed by atoms with Gasteiger partial charge in [0.1, 0.15) is 11.8 Å². The first-order valence-electron chi connectivity index (χ1n) is 10.4. The lowest BCUT2D eigenvalue weighted by atomic mass is 10.0. The van der Waals surface area contributed by atoms with Crippen molar-refractivity contribution in [3.63, 3.8) is 0 Å². The van der Waals surface area contributed by atoms with Crippen LogP contribution in [0.4, 0.5) is 0 Å². The van der Waals surface area contributed by atoms with Gasteiger partial charge in [-0.3, -0.25) is 9.97 Å². The van der Waals surface area contributed by atoms with Gasteiger partial charge in [-0.05, 0) is 67.2 Å². The fraction of sp³-hybridized carbons (Fsp3) is 0.160. The van der Waals surface area contributed by atoms with Crippen LogP contribution in [0.5, 0.6) is 0 Å². The van der Waals surface area contributed by atoms with Gasteiger partial charge in [0.2, 0.25) is 0 Å². The number of nitrogens with one attached hydrogen (secondary N) is 1. The molecule has 3 aromatic heterocycles. The fourth-order valence-electron chi connectivity index (χ4n) is 3.84. The molecule has 0 aliphatic carbocycles. The SMILES string of the molecule is Cc1ccc(Sc2ccc([C@H]3[C@@H](c4ccccn4)NC(=S)N3Cc3cccnc3)o2)cc1. The molecular weight excluding hydrogens is 436 g/mol. The molecule has 1 N–H and O–H groups in total. The predicted molar refractivity (Wildman–Crippen MR) is 129 cm³/mol. The number of hydrogen-bond donors (Lipinski definition) is 1. The van der Waals surface area contributed by atoms with E-state index < -0.39 is 0 Å². The average Bonchev–Trinajstić information content (AvgIpc) is 3.41. The number of aryl methyl sites for hydroxylation is 1. The molecule has 1 aliphatic heterocycles. The van der Waals surface area contributed by atoms with Crippen LogP contribution in [0, 0.1) is 6.92 Å². The van der Waals surface area contributed by atoms with Crippen molar-refractivity contribution in [1.82, 2.24) is 20.2 Å². The van der Waals surface area contributed by atoms with Gasteiger partial charge in [0, 0.05) is 30.0 Å². The van der Waals surface area contributed by atoms with Gasteiger partial charge in [-0.25, -0.2) is 0 Å². The molecule has 7 heteroatoms. The van der Waals surface area contributed by atoms with Gasteiger partial charge in [-0.2, -0.15) is 0 Å². The van der Waals surface area contributed by atoms with Crippen molar-refractivity contribution in [1.29, 1.82) is 0 Å². The minimum absolute atomic E-state index is 0.108. The summed E-state index contributed by atoms with van der Waals surface area (Å²) in [5.41, 5.74) is 3.26. The summed E-state index contributed by atoms with van der Waals surface area (Å²) in [6, 6.07) is 22.2. The Morgan fingerprint density at radius 1 is 1.03 bits per heavy atom. The normalized spacial score (nSPS) is 18.0. The maximum Gasteiger partial charge on any atom is 0.170 e. The van der Waals surface area contributed by atoms with E-state index in [-0.39, 0.29) is 12.1 Å². The Labute approximate surface area is 196 Å². The Hall–Kier alpha value is -3.16. The monoisotopic (exact) mass is 458 g/mol. The minimum atomic E-state index is -0.120. The number of benzene rings is 1. The zero-order valence-corrected chi connectivity index (χ0v) is 19.1. The van der Waals surface area contributed by atoms with Crippen molar-refractivity contribution in [3.8, 4) is 0 Å². The largest absolute Gasteiger partial charge is 0.452 e. The van der Waals surface area contributed by atoms with Crippen LogP contribution in [0.15, 0.2) is 99.7 Å². The van der Waals surface area contributed by atoms with Crippen LogP contribution in [0.3, 0.4) is 0 Å². The molecule has 4 aromatic rings. The van der Waals surface area contributed by atoms with Gasteiger partial charge in [-0.1, -0.05) is 41.6 Å². The van der Waals surface area contributed by atoms with Crippen LogP contribution in [0.25, 0.3) is 0 Å². The van der Waals surface area contributed by atoms with E-state index in [0.29, 0.717) is 11.7 Å². The molecule has 4 heterocycles. The third kappa shape index (κ3) is 4.40. The number of thiocarbonyl (C=S) groups is 1. The van der Waals surface area contributed by atoms with E-state index in [2.05, 4.69) is 57.4 Å². The number of nitrogens with zero attached hydrogens (tertiary/aromatic N) is 3.